The van der Waals surface area contributed by atoms with Gasteiger partial charge in [0.25, 0.3) is 5.69 Å². The fourth-order valence-corrected chi connectivity index (χ4v) is 1.17. The average Bonchev–Trinajstić information content (AvgIpc) is 2.17. The van der Waals surface area contributed by atoms with Crippen LogP contribution in [0.25, 0.3) is 0 Å². The summed E-state index contributed by atoms with van der Waals surface area (Å²) in [5.74, 6) is 0. The van der Waals surface area contributed by atoms with Gasteiger partial charge in [0.2, 0.25) is 0 Å². The van der Waals surface area contributed by atoms with Crippen molar-refractivity contribution in [1.29, 1.82) is 0 Å². The zero-order valence-electron chi connectivity index (χ0n) is 7.11. The highest BCUT2D eigenvalue weighted by Gasteiger charge is 2.09. The molecule has 1 unspecified atom stereocenters. The molecule has 1 rings (SSSR count). The van der Waals surface area contributed by atoms with Crippen LogP contribution in [0.2, 0.25) is 0 Å². The van der Waals surface area contributed by atoms with Gasteiger partial charge in [-0.15, -0.1) is 0 Å². The van der Waals surface area contributed by atoms with Crippen molar-refractivity contribution in [2.75, 3.05) is 0 Å². The lowest BCUT2D eigenvalue weighted by Gasteiger charge is -2.04. The molecule has 0 aliphatic carbocycles. The van der Waals surface area contributed by atoms with Crippen LogP contribution in [-0.2, 0) is 0 Å². The van der Waals surface area contributed by atoms with Gasteiger partial charge >= 0.3 is 0 Å². The average molecular weight is 245 g/mol. The van der Waals surface area contributed by atoms with Crippen molar-refractivity contribution in [2.24, 2.45) is 0 Å². The number of nitrogens with zero attached hydrogens (tertiary/aromatic N) is 2. The summed E-state index contributed by atoms with van der Waals surface area (Å²) in [5.41, 5.74) is 0.854. The van der Waals surface area contributed by atoms with E-state index in [1.54, 1.807) is 6.07 Å². The van der Waals surface area contributed by atoms with Gasteiger partial charge in [0, 0.05) is 6.07 Å². The number of halogens is 1. The summed E-state index contributed by atoms with van der Waals surface area (Å²) in [5, 5.41) is 10.3. The monoisotopic (exact) mass is 244 g/mol. The van der Waals surface area contributed by atoms with Crippen LogP contribution in [-0.4, -0.2) is 9.91 Å². The van der Waals surface area contributed by atoms with Gasteiger partial charge in [-0.25, -0.2) is 0 Å². The Balaban J connectivity index is 2.87. The Bertz CT molecular complexity index is 300. The quantitative estimate of drug-likeness (QED) is 0.467. The van der Waals surface area contributed by atoms with E-state index in [2.05, 4.69) is 20.9 Å². The highest BCUT2D eigenvalue weighted by molar-refractivity contribution is 9.09. The Kier molecular flexibility index (Phi) is 3.36. The molecule has 0 spiro atoms. The van der Waals surface area contributed by atoms with Crippen LogP contribution >= 0.6 is 15.9 Å². The predicted molar refractivity (Wildman–Crippen MR) is 52.9 cm³/mol. The molecule has 0 saturated carbocycles. The van der Waals surface area contributed by atoms with E-state index in [0.717, 1.165) is 12.1 Å². The second-order valence-electron chi connectivity index (χ2n) is 2.57. The Morgan fingerprint density at radius 1 is 1.69 bits per heavy atom. The van der Waals surface area contributed by atoms with E-state index < -0.39 is 4.92 Å². The smallest absolute Gasteiger partial charge is 0.258 e. The maximum atomic E-state index is 10.3. The van der Waals surface area contributed by atoms with E-state index in [-0.39, 0.29) is 10.5 Å². The number of hydrogen-bond donors (Lipinski definition) is 0. The van der Waals surface area contributed by atoms with Crippen LogP contribution < -0.4 is 0 Å². The lowest BCUT2D eigenvalue weighted by molar-refractivity contribution is -0.385. The summed E-state index contributed by atoms with van der Waals surface area (Å²) in [7, 11) is 0. The van der Waals surface area contributed by atoms with Crippen molar-refractivity contribution in [1.82, 2.24) is 4.98 Å². The van der Waals surface area contributed by atoms with Crippen LogP contribution in [0.15, 0.2) is 18.3 Å². The van der Waals surface area contributed by atoms with Gasteiger partial charge in [-0.3, -0.25) is 15.1 Å². The molecular weight excluding hydrogens is 236 g/mol. The van der Waals surface area contributed by atoms with Crippen LogP contribution in [0.1, 0.15) is 23.9 Å². The Hall–Kier alpha value is -0.970. The molecule has 0 fully saturated rings. The molecule has 0 radical (unpaired) electrons. The van der Waals surface area contributed by atoms with Gasteiger partial charge < -0.3 is 0 Å². The SMILES string of the molecule is CCC(Br)c1ccc([N+](=O)[O-])cn1. The van der Waals surface area contributed by atoms with Crippen molar-refractivity contribution < 1.29 is 4.92 Å². The topological polar surface area (TPSA) is 56.0 Å². The molecule has 4 nitrogen and oxygen atoms in total. The molecule has 0 amide bonds. The first-order valence-corrected chi connectivity index (χ1v) is 4.81. The largest absolute Gasteiger partial charge is 0.287 e. The molecule has 70 valence electrons. The summed E-state index contributed by atoms with van der Waals surface area (Å²) < 4.78 is 0. The number of aromatic nitrogens is 1. The highest BCUT2D eigenvalue weighted by Crippen LogP contribution is 2.24. The summed E-state index contributed by atoms with van der Waals surface area (Å²) in [4.78, 5) is 14.0. The third-order valence-electron chi connectivity index (χ3n) is 1.66. The molecule has 1 heterocycles. The van der Waals surface area contributed by atoms with Crippen molar-refractivity contribution in [3.05, 3.63) is 34.1 Å². The molecule has 1 aromatic rings. The fourth-order valence-electron chi connectivity index (χ4n) is 0.900. The first-order chi connectivity index (χ1) is 6.15. The second-order valence-corrected chi connectivity index (χ2v) is 3.68. The van der Waals surface area contributed by atoms with Crippen LogP contribution in [0.3, 0.4) is 0 Å². The van der Waals surface area contributed by atoms with E-state index in [1.807, 2.05) is 6.92 Å². The summed E-state index contributed by atoms with van der Waals surface area (Å²) in [6.07, 6.45) is 2.18. The first kappa shape index (κ1) is 10.1. The van der Waals surface area contributed by atoms with E-state index >= 15 is 0 Å². The fraction of sp³-hybridized carbons (Fsp3) is 0.375. The molecule has 0 aliphatic rings. The zero-order valence-corrected chi connectivity index (χ0v) is 8.69. The van der Waals surface area contributed by atoms with Gasteiger partial charge in [-0.05, 0) is 12.5 Å². The molecule has 0 N–H and O–H groups in total. The molecular formula is C8H9BrN2O2. The maximum absolute atomic E-state index is 10.3. The Labute approximate surface area is 84.3 Å². The summed E-state index contributed by atoms with van der Waals surface area (Å²) >= 11 is 3.41. The number of nitro groups is 1. The third kappa shape index (κ3) is 2.48. The lowest BCUT2D eigenvalue weighted by atomic mass is 10.2. The minimum Gasteiger partial charge on any atom is -0.258 e. The molecule has 1 atom stereocenters. The van der Waals surface area contributed by atoms with E-state index in [1.165, 1.54) is 12.3 Å². The van der Waals surface area contributed by atoms with Crippen LogP contribution in [0.5, 0.6) is 0 Å². The van der Waals surface area contributed by atoms with Crippen molar-refractivity contribution >= 4 is 21.6 Å². The van der Waals surface area contributed by atoms with Crippen LogP contribution in [0, 0.1) is 10.1 Å². The minimum atomic E-state index is -0.452. The Morgan fingerprint density at radius 3 is 2.77 bits per heavy atom. The summed E-state index contributed by atoms with van der Waals surface area (Å²) in [6.45, 7) is 2.02. The Morgan fingerprint density at radius 2 is 2.38 bits per heavy atom. The molecule has 0 bridgehead atoms. The van der Waals surface area contributed by atoms with E-state index in [4.69, 9.17) is 0 Å². The summed E-state index contributed by atoms with van der Waals surface area (Å²) in [6, 6.07) is 3.13. The minimum absolute atomic E-state index is 0.0274. The molecule has 5 heteroatoms. The highest BCUT2D eigenvalue weighted by atomic mass is 79.9. The number of hydrogen-bond acceptors (Lipinski definition) is 3. The molecule has 0 aromatic carbocycles. The molecule has 13 heavy (non-hydrogen) atoms. The van der Waals surface area contributed by atoms with E-state index in [9.17, 15) is 10.1 Å². The predicted octanol–water partition coefficient (Wildman–Crippen LogP) is 2.84. The van der Waals surface area contributed by atoms with Crippen molar-refractivity contribution in [2.45, 2.75) is 18.2 Å². The molecule has 1 aromatic heterocycles. The molecule has 0 aliphatic heterocycles. The van der Waals surface area contributed by atoms with Crippen molar-refractivity contribution in [3.8, 4) is 0 Å². The number of rotatable bonds is 3. The van der Waals surface area contributed by atoms with Crippen molar-refractivity contribution in [3.63, 3.8) is 0 Å². The standard InChI is InChI=1S/C8H9BrN2O2/c1-2-7(9)8-4-3-6(5-10-8)11(12)13/h3-5,7H,2H2,1H3. The van der Waals surface area contributed by atoms with Crippen LogP contribution in [0.4, 0.5) is 5.69 Å². The van der Waals surface area contributed by atoms with E-state index in [0.29, 0.717) is 0 Å². The van der Waals surface area contributed by atoms with Gasteiger partial charge in [0.15, 0.2) is 0 Å². The second kappa shape index (κ2) is 4.32. The zero-order chi connectivity index (χ0) is 9.84. The van der Waals surface area contributed by atoms with Gasteiger partial charge in [-0.2, -0.15) is 0 Å². The first-order valence-electron chi connectivity index (χ1n) is 3.89. The number of alkyl halides is 1. The van der Waals surface area contributed by atoms with Gasteiger partial charge in [-0.1, -0.05) is 22.9 Å². The third-order valence-corrected chi connectivity index (χ3v) is 2.78. The lowest BCUT2D eigenvalue weighted by Crippen LogP contribution is -1.94. The van der Waals surface area contributed by atoms with Gasteiger partial charge in [0.1, 0.15) is 6.20 Å². The molecule has 0 saturated heterocycles. The normalized spacial score (nSPS) is 12.5. The van der Waals surface area contributed by atoms with Gasteiger partial charge in [0.05, 0.1) is 15.4 Å². The number of pyridine rings is 1. The maximum Gasteiger partial charge on any atom is 0.287 e.